The molecule has 0 heterocycles. The van der Waals surface area contributed by atoms with Crippen molar-refractivity contribution in [2.75, 3.05) is 6.61 Å². The summed E-state index contributed by atoms with van der Waals surface area (Å²) in [6.07, 6.45) is 0. The summed E-state index contributed by atoms with van der Waals surface area (Å²) in [6.45, 7) is 3.68. The molecule has 5 nitrogen and oxygen atoms in total. The van der Waals surface area contributed by atoms with Crippen molar-refractivity contribution in [1.82, 2.24) is 0 Å². The summed E-state index contributed by atoms with van der Waals surface area (Å²) in [4.78, 5) is 11.4. The zero-order chi connectivity index (χ0) is 15.6. The van der Waals surface area contributed by atoms with Crippen LogP contribution in [0.2, 0.25) is 0 Å². The number of esters is 1. The Labute approximate surface area is 114 Å². The normalized spacial score (nSPS) is 12.0. The van der Waals surface area contributed by atoms with Crippen LogP contribution in [0, 0.1) is 0 Å². The maximum atomic E-state index is 12.8. The van der Waals surface area contributed by atoms with Crippen molar-refractivity contribution in [1.29, 1.82) is 0 Å². The molecule has 1 N–H and O–H groups in total. The van der Waals surface area contributed by atoms with Crippen LogP contribution < -0.4 is 0 Å². The van der Waals surface area contributed by atoms with Crippen LogP contribution >= 0.6 is 0 Å². The Morgan fingerprint density at radius 2 is 1.75 bits per heavy atom. The van der Waals surface area contributed by atoms with Gasteiger partial charge in [-0.25, -0.2) is 4.79 Å². The summed E-state index contributed by atoms with van der Waals surface area (Å²) < 4.78 is 58.8. The van der Waals surface area contributed by atoms with E-state index in [1.165, 1.54) is 12.1 Å². The lowest BCUT2D eigenvalue weighted by Crippen LogP contribution is -2.34. The molecule has 1 rings (SSSR count). The molecule has 0 atom stereocenters. The molecular weight excluding hydrogens is 294 g/mol. The van der Waals surface area contributed by atoms with E-state index < -0.39 is 27.9 Å². The minimum Gasteiger partial charge on any atom is -0.454 e. The Balaban J connectivity index is 2.75. The van der Waals surface area contributed by atoms with Gasteiger partial charge < -0.3 is 4.74 Å². The van der Waals surface area contributed by atoms with Crippen molar-refractivity contribution in [2.24, 2.45) is 0 Å². The Morgan fingerprint density at radius 1 is 1.30 bits per heavy atom. The lowest BCUT2D eigenvalue weighted by molar-refractivity contribution is -0.00950. The van der Waals surface area contributed by atoms with Crippen LogP contribution in [0.4, 0.5) is 8.78 Å². The van der Waals surface area contributed by atoms with Crippen LogP contribution in [0.5, 0.6) is 0 Å². The summed E-state index contributed by atoms with van der Waals surface area (Å²) in [5, 5.41) is -4.54. The number of benzene rings is 1. The molecule has 1 aromatic carbocycles. The molecule has 0 spiro atoms. The SMILES string of the molecule is C=C(C)c1ccc(C(=O)OCC(F)(F)S(=O)(=O)O)cc1. The number of allylic oxidation sites excluding steroid dienone is 1. The van der Waals surface area contributed by atoms with Gasteiger partial charge in [0.2, 0.25) is 0 Å². The molecule has 0 bridgehead atoms. The highest BCUT2D eigenvalue weighted by Crippen LogP contribution is 2.21. The molecule has 1 aromatic rings. The number of carbonyl (C=O) groups is 1. The first-order valence-electron chi connectivity index (χ1n) is 5.32. The molecule has 0 saturated carbocycles. The third kappa shape index (κ3) is 3.84. The van der Waals surface area contributed by atoms with Gasteiger partial charge in [0.25, 0.3) is 0 Å². The van der Waals surface area contributed by atoms with Gasteiger partial charge in [-0.15, -0.1) is 0 Å². The summed E-state index contributed by atoms with van der Waals surface area (Å²) in [5.41, 5.74) is 1.48. The summed E-state index contributed by atoms with van der Waals surface area (Å²) in [5.74, 6) is -1.12. The standard InChI is InChI=1S/C12H12F2O5S/c1-8(2)9-3-5-10(6-4-9)11(15)19-7-12(13,14)20(16,17)18/h3-6H,1,7H2,2H3,(H,16,17,18). The minimum absolute atomic E-state index is 0.0267. The maximum absolute atomic E-state index is 12.8. The molecule has 110 valence electrons. The van der Waals surface area contributed by atoms with Crippen molar-refractivity contribution < 1.29 is 31.3 Å². The zero-order valence-electron chi connectivity index (χ0n) is 10.5. The topological polar surface area (TPSA) is 80.7 Å². The van der Waals surface area contributed by atoms with Crippen LogP contribution in [-0.4, -0.2) is 30.8 Å². The van der Waals surface area contributed by atoms with E-state index in [1.54, 1.807) is 19.1 Å². The van der Waals surface area contributed by atoms with Crippen LogP contribution in [0.3, 0.4) is 0 Å². The van der Waals surface area contributed by atoms with Gasteiger partial charge in [-0.05, 0) is 24.6 Å². The average Bonchev–Trinajstić information content (AvgIpc) is 2.34. The van der Waals surface area contributed by atoms with Gasteiger partial charge in [-0.1, -0.05) is 24.3 Å². The monoisotopic (exact) mass is 306 g/mol. The molecule has 0 aliphatic heterocycles. The second kappa shape index (κ2) is 5.68. The number of carbonyl (C=O) groups excluding carboxylic acids is 1. The van der Waals surface area contributed by atoms with Gasteiger partial charge in [0, 0.05) is 0 Å². The molecular formula is C12H12F2O5S. The Morgan fingerprint density at radius 3 is 2.15 bits per heavy atom. The van der Waals surface area contributed by atoms with E-state index in [0.717, 1.165) is 11.1 Å². The lowest BCUT2D eigenvalue weighted by Gasteiger charge is -2.13. The fraction of sp³-hybridized carbons (Fsp3) is 0.250. The van der Waals surface area contributed by atoms with Gasteiger partial charge in [-0.2, -0.15) is 17.2 Å². The fourth-order valence-corrected chi connectivity index (χ4v) is 1.41. The van der Waals surface area contributed by atoms with Crippen molar-refractivity contribution in [3.8, 4) is 0 Å². The smallest absolute Gasteiger partial charge is 0.402 e. The number of alkyl halides is 2. The molecule has 0 aliphatic rings. The fourth-order valence-electron chi connectivity index (χ4n) is 1.20. The van der Waals surface area contributed by atoms with E-state index in [4.69, 9.17) is 4.55 Å². The number of ether oxygens (including phenoxy) is 1. The van der Waals surface area contributed by atoms with Crippen LogP contribution in [-0.2, 0) is 14.9 Å². The molecule has 0 unspecified atom stereocenters. The van der Waals surface area contributed by atoms with E-state index in [1.807, 2.05) is 0 Å². The molecule has 0 aliphatic carbocycles. The largest absolute Gasteiger partial charge is 0.454 e. The summed E-state index contributed by atoms with van der Waals surface area (Å²) in [7, 11) is -5.62. The average molecular weight is 306 g/mol. The predicted octanol–water partition coefficient (Wildman–Crippen LogP) is 2.36. The van der Waals surface area contributed by atoms with Crippen LogP contribution in [0.25, 0.3) is 5.57 Å². The first-order valence-corrected chi connectivity index (χ1v) is 6.76. The highest BCUT2D eigenvalue weighted by Gasteiger charge is 2.45. The molecule has 8 heteroatoms. The van der Waals surface area contributed by atoms with Gasteiger partial charge >= 0.3 is 21.3 Å². The lowest BCUT2D eigenvalue weighted by atomic mass is 10.1. The van der Waals surface area contributed by atoms with E-state index in [-0.39, 0.29) is 5.56 Å². The molecule has 20 heavy (non-hydrogen) atoms. The van der Waals surface area contributed by atoms with Gasteiger partial charge in [0.15, 0.2) is 6.61 Å². The highest BCUT2D eigenvalue weighted by molar-refractivity contribution is 7.86. The van der Waals surface area contributed by atoms with E-state index >= 15 is 0 Å². The zero-order valence-corrected chi connectivity index (χ0v) is 11.3. The second-order valence-corrected chi connectivity index (χ2v) is 5.59. The Bertz CT molecular complexity index is 620. The number of rotatable bonds is 5. The number of halogens is 2. The number of hydrogen-bond donors (Lipinski definition) is 1. The number of hydrogen-bond acceptors (Lipinski definition) is 4. The van der Waals surface area contributed by atoms with E-state index in [9.17, 15) is 22.0 Å². The third-order valence-electron chi connectivity index (χ3n) is 2.36. The highest BCUT2D eigenvalue weighted by atomic mass is 32.2. The van der Waals surface area contributed by atoms with Crippen molar-refractivity contribution in [2.45, 2.75) is 12.2 Å². The Hall–Kier alpha value is -1.80. The third-order valence-corrected chi connectivity index (χ3v) is 3.23. The van der Waals surface area contributed by atoms with E-state index in [0.29, 0.717) is 0 Å². The Kier molecular flexibility index (Phi) is 4.61. The molecule has 0 radical (unpaired) electrons. The maximum Gasteiger partial charge on any atom is 0.402 e. The minimum atomic E-state index is -5.62. The molecule has 0 fully saturated rings. The van der Waals surface area contributed by atoms with Gasteiger partial charge in [0.05, 0.1) is 5.56 Å². The molecule has 0 amide bonds. The first kappa shape index (κ1) is 16.3. The summed E-state index contributed by atoms with van der Waals surface area (Å²) >= 11 is 0. The van der Waals surface area contributed by atoms with Crippen molar-refractivity contribution >= 4 is 21.7 Å². The van der Waals surface area contributed by atoms with Crippen molar-refractivity contribution in [3.63, 3.8) is 0 Å². The predicted molar refractivity (Wildman–Crippen MR) is 67.9 cm³/mol. The second-order valence-electron chi connectivity index (χ2n) is 4.05. The van der Waals surface area contributed by atoms with Gasteiger partial charge in [-0.3, -0.25) is 4.55 Å². The van der Waals surface area contributed by atoms with Crippen molar-refractivity contribution in [3.05, 3.63) is 42.0 Å². The quantitative estimate of drug-likeness (QED) is 0.667. The van der Waals surface area contributed by atoms with Crippen LogP contribution in [0.1, 0.15) is 22.8 Å². The summed E-state index contributed by atoms with van der Waals surface area (Å²) in [6, 6.07) is 5.75. The molecule has 0 aromatic heterocycles. The van der Waals surface area contributed by atoms with Gasteiger partial charge in [0.1, 0.15) is 0 Å². The van der Waals surface area contributed by atoms with E-state index in [2.05, 4.69) is 11.3 Å². The first-order chi connectivity index (χ1) is 9.04. The van der Waals surface area contributed by atoms with Crippen LogP contribution in [0.15, 0.2) is 30.8 Å². The molecule has 0 saturated heterocycles.